The van der Waals surface area contributed by atoms with E-state index in [1.54, 1.807) is 36.4 Å². The number of benzene rings is 2. The molecule has 1 aliphatic rings. The smallest absolute Gasteiger partial charge is 0.266 e. The molecule has 0 fully saturated rings. The number of carbonyl (C=O) groups is 2. The molecule has 4 heteroatoms. The van der Waals surface area contributed by atoms with Crippen molar-refractivity contribution in [3.8, 4) is 6.07 Å². The number of nitriles is 1. The fraction of sp³-hybridized carbons (Fsp3) is 0.0625. The zero-order valence-electron chi connectivity index (χ0n) is 10.8. The summed E-state index contributed by atoms with van der Waals surface area (Å²) in [6.45, 7) is 1.87. The molecule has 20 heavy (non-hydrogen) atoms. The zero-order valence-corrected chi connectivity index (χ0v) is 10.8. The molecule has 1 aliphatic heterocycles. The molecule has 2 aromatic rings. The van der Waals surface area contributed by atoms with Gasteiger partial charge in [0.05, 0.1) is 28.4 Å². The summed E-state index contributed by atoms with van der Waals surface area (Å²) in [6.07, 6.45) is 0. The second kappa shape index (κ2) is 4.32. The fourth-order valence-corrected chi connectivity index (χ4v) is 2.30. The molecule has 0 bridgehead atoms. The first kappa shape index (κ1) is 12.1. The average Bonchev–Trinajstić information content (AvgIpc) is 2.70. The van der Waals surface area contributed by atoms with Crippen LogP contribution in [0.15, 0.2) is 42.5 Å². The number of nitrogens with zero attached hydrogens (tertiary/aromatic N) is 2. The van der Waals surface area contributed by atoms with Crippen molar-refractivity contribution in [2.45, 2.75) is 6.92 Å². The molecule has 2 amide bonds. The van der Waals surface area contributed by atoms with Crippen molar-refractivity contribution in [1.29, 1.82) is 5.26 Å². The van der Waals surface area contributed by atoms with Crippen LogP contribution in [0.25, 0.3) is 0 Å². The molecule has 0 saturated heterocycles. The molecule has 0 atom stereocenters. The van der Waals surface area contributed by atoms with Gasteiger partial charge in [0.1, 0.15) is 0 Å². The number of aryl methyl sites for hydroxylation is 1. The van der Waals surface area contributed by atoms with Crippen molar-refractivity contribution in [2.75, 3.05) is 4.90 Å². The van der Waals surface area contributed by atoms with Gasteiger partial charge in [-0.1, -0.05) is 17.7 Å². The summed E-state index contributed by atoms with van der Waals surface area (Å²) in [6, 6.07) is 13.7. The topological polar surface area (TPSA) is 61.2 Å². The maximum atomic E-state index is 12.4. The molecule has 0 aliphatic carbocycles. The first-order chi connectivity index (χ1) is 9.61. The van der Waals surface area contributed by atoms with Gasteiger partial charge in [0.15, 0.2) is 0 Å². The molecule has 1 heterocycles. The van der Waals surface area contributed by atoms with E-state index in [0.717, 1.165) is 10.5 Å². The van der Waals surface area contributed by atoms with Gasteiger partial charge in [-0.05, 0) is 37.3 Å². The Morgan fingerprint density at radius 3 is 2.50 bits per heavy atom. The quantitative estimate of drug-likeness (QED) is 0.742. The van der Waals surface area contributed by atoms with Crippen molar-refractivity contribution >= 4 is 17.5 Å². The minimum absolute atomic E-state index is 0.344. The van der Waals surface area contributed by atoms with Crippen LogP contribution in [0.5, 0.6) is 0 Å². The SMILES string of the molecule is Cc1ccc2c(c1)C(=O)N(c1cccc(C#N)c1)C2=O. The Hall–Kier alpha value is -2.93. The van der Waals surface area contributed by atoms with E-state index in [1.807, 2.05) is 13.0 Å². The molecule has 0 aromatic heterocycles. The molecular formula is C16H10N2O2. The molecule has 4 nitrogen and oxygen atoms in total. The van der Waals surface area contributed by atoms with Crippen LogP contribution in [0.3, 0.4) is 0 Å². The number of amides is 2. The molecule has 0 saturated carbocycles. The Labute approximate surface area is 115 Å². The summed E-state index contributed by atoms with van der Waals surface area (Å²) < 4.78 is 0. The van der Waals surface area contributed by atoms with E-state index >= 15 is 0 Å². The highest BCUT2D eigenvalue weighted by atomic mass is 16.2. The third-order valence-electron chi connectivity index (χ3n) is 3.28. The second-order valence-corrected chi connectivity index (χ2v) is 4.66. The standard InChI is InChI=1S/C16H10N2O2/c1-10-5-6-13-14(7-10)16(20)18(15(13)19)12-4-2-3-11(8-12)9-17/h2-8H,1H3. The minimum atomic E-state index is -0.347. The Kier molecular flexibility index (Phi) is 2.62. The van der Waals surface area contributed by atoms with E-state index in [-0.39, 0.29) is 11.8 Å². The van der Waals surface area contributed by atoms with Gasteiger partial charge >= 0.3 is 0 Å². The molecule has 0 radical (unpaired) electrons. The highest BCUT2D eigenvalue weighted by Crippen LogP contribution is 2.29. The van der Waals surface area contributed by atoms with Gasteiger partial charge in [-0.3, -0.25) is 9.59 Å². The lowest BCUT2D eigenvalue weighted by atomic mass is 10.1. The summed E-state index contributed by atoms with van der Waals surface area (Å²) in [4.78, 5) is 25.8. The molecular weight excluding hydrogens is 252 g/mol. The van der Waals surface area contributed by atoms with Crippen LogP contribution < -0.4 is 4.90 Å². The van der Waals surface area contributed by atoms with E-state index in [2.05, 4.69) is 0 Å². The summed E-state index contributed by atoms with van der Waals surface area (Å²) >= 11 is 0. The molecule has 0 unspecified atom stereocenters. The van der Waals surface area contributed by atoms with Gasteiger partial charge in [-0.15, -0.1) is 0 Å². The van der Waals surface area contributed by atoms with Gasteiger partial charge in [-0.2, -0.15) is 5.26 Å². The lowest BCUT2D eigenvalue weighted by Crippen LogP contribution is -2.29. The largest absolute Gasteiger partial charge is 0.268 e. The van der Waals surface area contributed by atoms with Gasteiger partial charge in [0, 0.05) is 0 Å². The Balaban J connectivity index is 2.12. The highest BCUT2D eigenvalue weighted by molar-refractivity contribution is 6.34. The third-order valence-corrected chi connectivity index (χ3v) is 3.28. The second-order valence-electron chi connectivity index (χ2n) is 4.66. The van der Waals surface area contributed by atoms with Crippen molar-refractivity contribution in [1.82, 2.24) is 0 Å². The number of rotatable bonds is 1. The fourth-order valence-electron chi connectivity index (χ4n) is 2.30. The van der Waals surface area contributed by atoms with Crippen LogP contribution in [-0.2, 0) is 0 Å². The minimum Gasteiger partial charge on any atom is -0.268 e. The first-order valence-corrected chi connectivity index (χ1v) is 6.11. The molecule has 0 N–H and O–H groups in total. The number of anilines is 1. The van der Waals surface area contributed by atoms with Gasteiger partial charge < -0.3 is 0 Å². The van der Waals surface area contributed by atoms with Crippen LogP contribution in [0.2, 0.25) is 0 Å². The van der Waals surface area contributed by atoms with Crippen molar-refractivity contribution in [3.63, 3.8) is 0 Å². The van der Waals surface area contributed by atoms with E-state index in [4.69, 9.17) is 5.26 Å². The lowest BCUT2D eigenvalue weighted by molar-refractivity contribution is 0.0926. The summed E-state index contributed by atoms with van der Waals surface area (Å²) in [5.41, 5.74) is 2.58. The molecule has 96 valence electrons. The first-order valence-electron chi connectivity index (χ1n) is 6.11. The monoisotopic (exact) mass is 262 g/mol. The third kappa shape index (κ3) is 1.69. The number of hydrogen-bond donors (Lipinski definition) is 0. The Bertz CT molecular complexity index is 787. The maximum absolute atomic E-state index is 12.4. The molecule has 0 spiro atoms. The average molecular weight is 262 g/mol. The van der Waals surface area contributed by atoms with Gasteiger partial charge in [-0.25, -0.2) is 4.90 Å². The van der Waals surface area contributed by atoms with Crippen molar-refractivity contribution < 1.29 is 9.59 Å². The van der Waals surface area contributed by atoms with Gasteiger partial charge in [0.2, 0.25) is 0 Å². The van der Waals surface area contributed by atoms with Crippen molar-refractivity contribution in [3.05, 3.63) is 64.7 Å². The number of imide groups is 1. The molecule has 3 rings (SSSR count). The Morgan fingerprint density at radius 1 is 1.00 bits per heavy atom. The Morgan fingerprint density at radius 2 is 1.75 bits per heavy atom. The van der Waals surface area contributed by atoms with Crippen LogP contribution in [0.1, 0.15) is 31.8 Å². The lowest BCUT2D eigenvalue weighted by Gasteiger charge is -2.13. The number of carbonyl (C=O) groups excluding carboxylic acids is 2. The van der Waals surface area contributed by atoms with Crippen LogP contribution in [-0.4, -0.2) is 11.8 Å². The number of hydrogen-bond acceptors (Lipinski definition) is 3. The van der Waals surface area contributed by atoms with E-state index < -0.39 is 0 Å². The predicted molar refractivity (Wildman–Crippen MR) is 73.5 cm³/mol. The molecule has 2 aromatic carbocycles. The van der Waals surface area contributed by atoms with Crippen LogP contribution >= 0.6 is 0 Å². The van der Waals surface area contributed by atoms with Gasteiger partial charge in [0.25, 0.3) is 11.8 Å². The predicted octanol–water partition coefficient (Wildman–Crippen LogP) is 2.67. The van der Waals surface area contributed by atoms with E-state index in [0.29, 0.717) is 22.4 Å². The van der Waals surface area contributed by atoms with E-state index in [1.165, 1.54) is 6.07 Å². The normalized spacial score (nSPS) is 13.3. The maximum Gasteiger partial charge on any atom is 0.266 e. The van der Waals surface area contributed by atoms with Crippen LogP contribution in [0, 0.1) is 18.3 Å². The number of fused-ring (bicyclic) bond motifs is 1. The van der Waals surface area contributed by atoms with Crippen LogP contribution in [0.4, 0.5) is 5.69 Å². The summed E-state index contributed by atoms with van der Waals surface area (Å²) in [7, 11) is 0. The van der Waals surface area contributed by atoms with E-state index in [9.17, 15) is 9.59 Å². The zero-order chi connectivity index (χ0) is 14.3. The summed E-state index contributed by atoms with van der Waals surface area (Å²) in [5.74, 6) is -0.691. The highest BCUT2D eigenvalue weighted by Gasteiger charge is 2.36. The summed E-state index contributed by atoms with van der Waals surface area (Å²) in [5, 5.41) is 8.91. The van der Waals surface area contributed by atoms with Crippen molar-refractivity contribution in [2.24, 2.45) is 0 Å².